The van der Waals surface area contributed by atoms with Gasteiger partial charge in [-0.25, -0.2) is 0 Å². The largest absolute Gasteiger partial charge is 0.277 e. The molecule has 3 heteroatoms. The van der Waals surface area contributed by atoms with Crippen molar-refractivity contribution in [2.24, 2.45) is 0 Å². The van der Waals surface area contributed by atoms with E-state index in [1.165, 1.54) is 0 Å². The number of aryl methyl sites for hydroxylation is 1. The first kappa shape index (κ1) is 12.0. The quantitative estimate of drug-likeness (QED) is 0.465. The molecule has 0 amide bonds. The highest BCUT2D eigenvalue weighted by Gasteiger charge is 2.13. The van der Waals surface area contributed by atoms with Crippen LogP contribution in [0.5, 0.6) is 0 Å². The lowest BCUT2D eigenvalue weighted by Gasteiger charge is -2.00. The van der Waals surface area contributed by atoms with E-state index in [2.05, 4.69) is 0 Å². The molecule has 0 spiro atoms. The van der Waals surface area contributed by atoms with Crippen molar-refractivity contribution in [2.45, 2.75) is 6.92 Å². The van der Waals surface area contributed by atoms with E-state index in [0.29, 0.717) is 5.56 Å². The van der Waals surface area contributed by atoms with E-state index >= 15 is 0 Å². The number of hydrogen-bond donors (Lipinski definition) is 0. The molecular weight excluding hydrogens is 226 g/mol. The van der Waals surface area contributed by atoms with E-state index in [9.17, 15) is 10.1 Å². The summed E-state index contributed by atoms with van der Waals surface area (Å²) in [4.78, 5) is 10.8. The standard InChI is InChI=1S/C15H13NO2/c1-12-6-5-7-13(10-12)11-15(16(17)18)14-8-3-2-4-9-14/h2-11H,1H3. The summed E-state index contributed by atoms with van der Waals surface area (Å²) in [5, 5.41) is 11.1. The zero-order valence-corrected chi connectivity index (χ0v) is 10.0. The summed E-state index contributed by atoms with van der Waals surface area (Å²) in [5.41, 5.74) is 2.65. The highest BCUT2D eigenvalue weighted by atomic mass is 16.6. The molecule has 0 aliphatic heterocycles. The van der Waals surface area contributed by atoms with E-state index in [1.807, 2.05) is 37.3 Å². The van der Waals surface area contributed by atoms with E-state index in [4.69, 9.17) is 0 Å². The number of nitro groups is 1. The van der Waals surface area contributed by atoms with Gasteiger partial charge in [0.05, 0.1) is 10.5 Å². The highest BCUT2D eigenvalue weighted by molar-refractivity contribution is 5.76. The lowest BCUT2D eigenvalue weighted by molar-refractivity contribution is -0.374. The van der Waals surface area contributed by atoms with Crippen molar-refractivity contribution in [3.63, 3.8) is 0 Å². The Kier molecular flexibility index (Phi) is 3.53. The topological polar surface area (TPSA) is 43.1 Å². The van der Waals surface area contributed by atoms with Crippen LogP contribution in [-0.4, -0.2) is 4.92 Å². The zero-order valence-electron chi connectivity index (χ0n) is 10.0. The number of nitrogens with zero attached hydrogens (tertiary/aromatic N) is 1. The second-order valence-corrected chi connectivity index (χ2v) is 4.07. The van der Waals surface area contributed by atoms with E-state index in [1.54, 1.807) is 30.3 Å². The van der Waals surface area contributed by atoms with Crippen molar-refractivity contribution < 1.29 is 4.92 Å². The van der Waals surface area contributed by atoms with Gasteiger partial charge in [0.25, 0.3) is 5.70 Å². The first-order valence-corrected chi connectivity index (χ1v) is 5.65. The fourth-order valence-corrected chi connectivity index (χ4v) is 1.77. The van der Waals surface area contributed by atoms with Crippen LogP contribution in [-0.2, 0) is 0 Å². The summed E-state index contributed by atoms with van der Waals surface area (Å²) in [6.07, 6.45) is 1.60. The summed E-state index contributed by atoms with van der Waals surface area (Å²) in [7, 11) is 0. The molecule has 0 N–H and O–H groups in total. The van der Waals surface area contributed by atoms with Crippen LogP contribution in [0.2, 0.25) is 0 Å². The van der Waals surface area contributed by atoms with Crippen LogP contribution in [0, 0.1) is 17.0 Å². The molecule has 2 rings (SSSR count). The van der Waals surface area contributed by atoms with Crippen LogP contribution >= 0.6 is 0 Å². The summed E-state index contributed by atoms with van der Waals surface area (Å²) in [5.74, 6) is 0. The highest BCUT2D eigenvalue weighted by Crippen LogP contribution is 2.19. The summed E-state index contributed by atoms with van der Waals surface area (Å²) in [6, 6.07) is 16.6. The molecule has 0 fully saturated rings. The first-order valence-electron chi connectivity index (χ1n) is 5.65. The maximum absolute atomic E-state index is 11.1. The van der Waals surface area contributed by atoms with E-state index < -0.39 is 0 Å². The molecule has 90 valence electrons. The molecule has 2 aromatic carbocycles. The fourth-order valence-electron chi connectivity index (χ4n) is 1.77. The second kappa shape index (κ2) is 5.27. The van der Waals surface area contributed by atoms with Gasteiger partial charge in [0.1, 0.15) is 0 Å². The molecule has 2 aromatic rings. The zero-order chi connectivity index (χ0) is 13.0. The Balaban J connectivity index is 2.46. The Hall–Kier alpha value is -2.42. The predicted octanol–water partition coefficient (Wildman–Crippen LogP) is 3.77. The molecule has 0 heterocycles. The Bertz CT molecular complexity index is 588. The van der Waals surface area contributed by atoms with Crippen LogP contribution in [0.4, 0.5) is 0 Å². The van der Waals surface area contributed by atoms with E-state index in [0.717, 1.165) is 11.1 Å². The first-order chi connectivity index (χ1) is 8.66. The predicted molar refractivity (Wildman–Crippen MR) is 72.5 cm³/mol. The van der Waals surface area contributed by atoms with Crippen LogP contribution in [0.15, 0.2) is 54.6 Å². The average molecular weight is 239 g/mol. The van der Waals surface area contributed by atoms with Gasteiger partial charge in [-0.15, -0.1) is 0 Å². The minimum absolute atomic E-state index is 0.112. The van der Waals surface area contributed by atoms with Gasteiger partial charge >= 0.3 is 0 Å². The van der Waals surface area contributed by atoms with Gasteiger partial charge in [0, 0.05) is 6.08 Å². The van der Waals surface area contributed by atoms with Gasteiger partial charge in [0.2, 0.25) is 0 Å². The second-order valence-electron chi connectivity index (χ2n) is 4.07. The SMILES string of the molecule is Cc1cccc(C=C(c2ccccc2)[N+](=O)[O-])c1. The fraction of sp³-hybridized carbons (Fsp3) is 0.0667. The molecule has 0 aliphatic carbocycles. The lowest BCUT2D eigenvalue weighted by atomic mass is 10.1. The third-order valence-corrected chi connectivity index (χ3v) is 2.61. The smallest absolute Gasteiger partial charge is 0.258 e. The maximum Gasteiger partial charge on any atom is 0.277 e. The van der Waals surface area contributed by atoms with Gasteiger partial charge in [-0.05, 0) is 24.6 Å². The van der Waals surface area contributed by atoms with Crippen molar-refractivity contribution >= 4 is 11.8 Å². The third-order valence-electron chi connectivity index (χ3n) is 2.61. The monoisotopic (exact) mass is 239 g/mol. The Labute approximate surface area is 106 Å². The van der Waals surface area contributed by atoms with Crippen molar-refractivity contribution in [1.82, 2.24) is 0 Å². The Morgan fingerprint density at radius 1 is 1.11 bits per heavy atom. The summed E-state index contributed by atoms with van der Waals surface area (Å²) < 4.78 is 0. The molecule has 0 aromatic heterocycles. The van der Waals surface area contributed by atoms with Crippen LogP contribution < -0.4 is 0 Å². The normalized spacial score (nSPS) is 11.3. The van der Waals surface area contributed by atoms with Crippen molar-refractivity contribution in [2.75, 3.05) is 0 Å². The molecule has 3 nitrogen and oxygen atoms in total. The molecule has 0 unspecified atom stereocenters. The molecule has 0 aliphatic rings. The molecule has 0 saturated heterocycles. The molecule has 0 bridgehead atoms. The molecule has 0 atom stereocenters. The van der Waals surface area contributed by atoms with Crippen molar-refractivity contribution in [1.29, 1.82) is 0 Å². The third kappa shape index (κ3) is 2.83. The van der Waals surface area contributed by atoms with Crippen LogP contribution in [0.25, 0.3) is 11.8 Å². The van der Waals surface area contributed by atoms with Gasteiger partial charge < -0.3 is 0 Å². The number of benzene rings is 2. The summed E-state index contributed by atoms with van der Waals surface area (Å²) >= 11 is 0. The summed E-state index contributed by atoms with van der Waals surface area (Å²) in [6.45, 7) is 1.96. The average Bonchev–Trinajstić information content (AvgIpc) is 2.37. The van der Waals surface area contributed by atoms with Gasteiger partial charge in [-0.2, -0.15) is 0 Å². The molecular formula is C15H13NO2. The van der Waals surface area contributed by atoms with Crippen LogP contribution in [0.3, 0.4) is 0 Å². The van der Waals surface area contributed by atoms with Gasteiger partial charge in [0.15, 0.2) is 0 Å². The molecule has 0 radical (unpaired) electrons. The van der Waals surface area contributed by atoms with Gasteiger partial charge in [-0.3, -0.25) is 10.1 Å². The molecule has 18 heavy (non-hydrogen) atoms. The number of rotatable bonds is 3. The van der Waals surface area contributed by atoms with Crippen molar-refractivity contribution in [3.8, 4) is 0 Å². The minimum Gasteiger partial charge on any atom is -0.258 e. The minimum atomic E-state index is -0.350. The lowest BCUT2D eigenvalue weighted by Crippen LogP contribution is -1.97. The Morgan fingerprint density at radius 3 is 2.44 bits per heavy atom. The number of hydrogen-bond acceptors (Lipinski definition) is 2. The van der Waals surface area contributed by atoms with Crippen LogP contribution in [0.1, 0.15) is 16.7 Å². The maximum atomic E-state index is 11.1. The van der Waals surface area contributed by atoms with E-state index in [-0.39, 0.29) is 10.6 Å². The Morgan fingerprint density at radius 2 is 1.83 bits per heavy atom. The van der Waals surface area contributed by atoms with Gasteiger partial charge in [-0.1, -0.05) is 48.0 Å². The molecule has 0 saturated carbocycles. The van der Waals surface area contributed by atoms with Crippen molar-refractivity contribution in [3.05, 3.63) is 81.4 Å².